The van der Waals surface area contributed by atoms with Gasteiger partial charge in [0.2, 0.25) is 0 Å². The molecule has 0 aliphatic rings. The summed E-state index contributed by atoms with van der Waals surface area (Å²) in [4.78, 5) is 0. The normalized spacial score (nSPS) is 12.5. The number of thiol groups is 1. The Hall–Kier alpha value is 0.947. The minimum atomic E-state index is 0. The Kier molecular flexibility index (Phi) is 9.95. The molecular formula is C4H11LiS. The first-order valence-corrected chi connectivity index (χ1v) is 2.47. The van der Waals surface area contributed by atoms with Crippen LogP contribution in [0.3, 0.4) is 0 Å². The van der Waals surface area contributed by atoms with Gasteiger partial charge in [-0.15, -0.1) is 0 Å². The first kappa shape index (κ1) is 10.0. The third kappa shape index (κ3) is 8.87. The first-order chi connectivity index (χ1) is 2.27. The average Bonchev–Trinajstić information content (AvgIpc) is 1.38. The van der Waals surface area contributed by atoms with Gasteiger partial charge >= 0.3 is 18.9 Å². The summed E-state index contributed by atoms with van der Waals surface area (Å²) in [5.41, 5.74) is 0. The molecule has 0 amide bonds. The van der Waals surface area contributed by atoms with Crippen LogP contribution in [0, 0.1) is 0 Å². The van der Waals surface area contributed by atoms with E-state index in [1.807, 2.05) is 0 Å². The van der Waals surface area contributed by atoms with Gasteiger partial charge in [0.05, 0.1) is 0 Å². The van der Waals surface area contributed by atoms with Crippen LogP contribution in [0.4, 0.5) is 0 Å². The van der Waals surface area contributed by atoms with Gasteiger partial charge in [-0.2, -0.15) is 12.6 Å². The van der Waals surface area contributed by atoms with Crippen LogP contribution in [-0.2, 0) is 0 Å². The Morgan fingerprint density at radius 2 is 1.83 bits per heavy atom. The first-order valence-electron chi connectivity index (χ1n) is 1.95. The van der Waals surface area contributed by atoms with Crippen molar-refractivity contribution in [2.45, 2.75) is 25.5 Å². The van der Waals surface area contributed by atoms with Crippen LogP contribution in [0.15, 0.2) is 0 Å². The van der Waals surface area contributed by atoms with Crippen molar-refractivity contribution >= 4 is 31.5 Å². The van der Waals surface area contributed by atoms with Crippen LogP contribution in [0.25, 0.3) is 0 Å². The molecule has 2 heteroatoms. The standard InChI is InChI=1S/C4H10S.Li.H/c1-3-4(2)5;;/h4-5H,3H2,1-2H3;;. The predicted octanol–water partition coefficient (Wildman–Crippen LogP) is 1.07. The van der Waals surface area contributed by atoms with Gasteiger partial charge in [-0.3, -0.25) is 0 Å². The molecule has 1 atom stereocenters. The van der Waals surface area contributed by atoms with Gasteiger partial charge in [0.25, 0.3) is 0 Å². The number of hydrogen-bond acceptors (Lipinski definition) is 1. The molecule has 0 bridgehead atoms. The fourth-order valence-corrected chi connectivity index (χ4v) is 0. The molecule has 0 radical (unpaired) electrons. The molecule has 0 aliphatic carbocycles. The van der Waals surface area contributed by atoms with E-state index in [4.69, 9.17) is 0 Å². The van der Waals surface area contributed by atoms with Gasteiger partial charge in [-0.05, 0) is 11.7 Å². The molecule has 34 valence electrons. The van der Waals surface area contributed by atoms with Gasteiger partial charge in [0, 0.05) is 0 Å². The molecule has 0 fully saturated rings. The Balaban J connectivity index is 0. The van der Waals surface area contributed by atoms with Gasteiger partial charge < -0.3 is 0 Å². The molecule has 0 aromatic carbocycles. The second-order valence-corrected chi connectivity index (χ2v) is 2.14. The van der Waals surface area contributed by atoms with Crippen molar-refractivity contribution in [3.63, 3.8) is 0 Å². The Labute approximate surface area is 57.3 Å². The molecule has 0 saturated heterocycles. The monoisotopic (exact) mass is 98.1 g/mol. The van der Waals surface area contributed by atoms with Crippen molar-refractivity contribution in [3.8, 4) is 0 Å². The summed E-state index contributed by atoms with van der Waals surface area (Å²) in [6.45, 7) is 4.21. The summed E-state index contributed by atoms with van der Waals surface area (Å²) in [7, 11) is 0. The third-order valence-corrected chi connectivity index (χ3v) is 0.956. The van der Waals surface area contributed by atoms with E-state index in [2.05, 4.69) is 26.5 Å². The zero-order valence-corrected chi connectivity index (χ0v) is 4.63. The molecule has 0 saturated carbocycles. The van der Waals surface area contributed by atoms with E-state index in [1.54, 1.807) is 0 Å². The van der Waals surface area contributed by atoms with Crippen molar-refractivity contribution in [3.05, 3.63) is 0 Å². The predicted molar refractivity (Wildman–Crippen MR) is 35.9 cm³/mol. The second kappa shape index (κ2) is 5.95. The molecule has 0 spiro atoms. The summed E-state index contributed by atoms with van der Waals surface area (Å²) in [6.07, 6.45) is 1.17. The van der Waals surface area contributed by atoms with Crippen LogP contribution >= 0.6 is 12.6 Å². The third-order valence-electron chi connectivity index (χ3n) is 0.591. The van der Waals surface area contributed by atoms with Crippen molar-refractivity contribution < 1.29 is 0 Å². The molecule has 0 rings (SSSR count). The van der Waals surface area contributed by atoms with Gasteiger partial charge in [-0.1, -0.05) is 13.8 Å². The fourth-order valence-electron chi connectivity index (χ4n) is 0. The summed E-state index contributed by atoms with van der Waals surface area (Å²) >= 11 is 4.10. The molecule has 0 aromatic rings. The zero-order valence-electron chi connectivity index (χ0n) is 3.73. The van der Waals surface area contributed by atoms with Crippen LogP contribution < -0.4 is 0 Å². The second-order valence-electron chi connectivity index (χ2n) is 1.26. The molecular weight excluding hydrogens is 87.1 g/mol. The van der Waals surface area contributed by atoms with E-state index in [9.17, 15) is 0 Å². The molecule has 0 nitrogen and oxygen atoms in total. The van der Waals surface area contributed by atoms with Crippen LogP contribution in [-0.4, -0.2) is 24.1 Å². The topological polar surface area (TPSA) is 0 Å². The Morgan fingerprint density at radius 3 is 1.83 bits per heavy atom. The van der Waals surface area contributed by atoms with Gasteiger partial charge in [0.15, 0.2) is 0 Å². The molecule has 0 N–H and O–H groups in total. The number of hydrogen-bond donors (Lipinski definition) is 1. The van der Waals surface area contributed by atoms with Crippen molar-refractivity contribution in [1.82, 2.24) is 0 Å². The molecule has 0 heterocycles. The van der Waals surface area contributed by atoms with Crippen LogP contribution in [0.5, 0.6) is 0 Å². The quantitative estimate of drug-likeness (QED) is 0.368. The van der Waals surface area contributed by atoms with Crippen molar-refractivity contribution in [1.29, 1.82) is 0 Å². The number of rotatable bonds is 1. The minimum absolute atomic E-state index is 0. The summed E-state index contributed by atoms with van der Waals surface area (Å²) in [6, 6.07) is 0. The van der Waals surface area contributed by atoms with E-state index >= 15 is 0 Å². The fraction of sp³-hybridized carbons (Fsp3) is 1.00. The maximum atomic E-state index is 4.10. The van der Waals surface area contributed by atoms with E-state index in [0.29, 0.717) is 5.25 Å². The van der Waals surface area contributed by atoms with Gasteiger partial charge in [-0.25, -0.2) is 0 Å². The summed E-state index contributed by atoms with van der Waals surface area (Å²) in [5.74, 6) is 0. The van der Waals surface area contributed by atoms with E-state index in [1.165, 1.54) is 6.42 Å². The summed E-state index contributed by atoms with van der Waals surface area (Å²) < 4.78 is 0. The molecule has 0 aliphatic heterocycles. The van der Waals surface area contributed by atoms with Crippen LogP contribution in [0.2, 0.25) is 0 Å². The molecule has 0 aromatic heterocycles. The average molecular weight is 98.1 g/mol. The molecule has 1 unspecified atom stereocenters. The van der Waals surface area contributed by atoms with Crippen LogP contribution in [0.1, 0.15) is 20.3 Å². The summed E-state index contributed by atoms with van der Waals surface area (Å²) in [5, 5.41) is 0.579. The molecule has 6 heavy (non-hydrogen) atoms. The van der Waals surface area contributed by atoms with E-state index < -0.39 is 0 Å². The maximum absolute atomic E-state index is 4.10. The van der Waals surface area contributed by atoms with E-state index in [0.717, 1.165) is 0 Å². The van der Waals surface area contributed by atoms with Gasteiger partial charge in [0.1, 0.15) is 0 Å². The zero-order chi connectivity index (χ0) is 4.28. The SMILES string of the molecule is CCC(C)S.[LiH]. The Morgan fingerprint density at radius 1 is 1.67 bits per heavy atom. The van der Waals surface area contributed by atoms with Crippen molar-refractivity contribution in [2.75, 3.05) is 0 Å². The van der Waals surface area contributed by atoms with E-state index in [-0.39, 0.29) is 18.9 Å². The Bertz CT molecular complexity index is 21.5. The van der Waals surface area contributed by atoms with Crippen molar-refractivity contribution in [2.24, 2.45) is 0 Å².